The number of nitrogens with one attached hydrogen (secondary N) is 1. The number of nitrogens with two attached hydrogens (primary N) is 1. The summed E-state index contributed by atoms with van der Waals surface area (Å²) >= 11 is 0. The molecule has 3 N–H and O–H groups in total. The van der Waals surface area contributed by atoms with E-state index in [0.717, 1.165) is 45.2 Å². The maximum Gasteiger partial charge on any atom is 0.225 e. The second kappa shape index (κ2) is 7.07. The van der Waals surface area contributed by atoms with Gasteiger partial charge >= 0.3 is 0 Å². The zero-order chi connectivity index (χ0) is 14.5. The summed E-state index contributed by atoms with van der Waals surface area (Å²) in [6, 6.07) is 0.236. The van der Waals surface area contributed by atoms with Gasteiger partial charge in [0.25, 0.3) is 0 Å². The molecule has 5 heteroatoms. The highest BCUT2D eigenvalue weighted by Gasteiger charge is 2.31. The predicted octanol–water partition coefficient (Wildman–Crippen LogP) is 0.879. The molecule has 114 valence electrons. The highest BCUT2D eigenvalue weighted by Crippen LogP contribution is 2.30. The van der Waals surface area contributed by atoms with Crippen LogP contribution in [0, 0.1) is 11.8 Å². The van der Waals surface area contributed by atoms with E-state index in [-0.39, 0.29) is 17.9 Å². The Labute approximate surface area is 121 Å². The second-order valence-corrected chi connectivity index (χ2v) is 6.27. The zero-order valence-corrected chi connectivity index (χ0v) is 12.4. The average molecular weight is 281 g/mol. The van der Waals surface area contributed by atoms with Crippen LogP contribution in [0.5, 0.6) is 0 Å². The Kier molecular flexibility index (Phi) is 5.40. The number of carbonyl (C=O) groups is 2. The molecule has 0 radical (unpaired) electrons. The van der Waals surface area contributed by atoms with Gasteiger partial charge in [-0.25, -0.2) is 0 Å². The Balaban J connectivity index is 1.80. The number of likely N-dealkylation sites (tertiary alicyclic amines) is 1. The average Bonchev–Trinajstić information content (AvgIpc) is 2.47. The van der Waals surface area contributed by atoms with Crippen LogP contribution in [0.3, 0.4) is 0 Å². The number of nitrogens with zero attached hydrogens (tertiary/aromatic N) is 1. The van der Waals surface area contributed by atoms with Gasteiger partial charge in [-0.3, -0.25) is 9.59 Å². The molecule has 1 heterocycles. The van der Waals surface area contributed by atoms with Crippen LogP contribution in [0.2, 0.25) is 0 Å². The van der Waals surface area contributed by atoms with Crippen molar-refractivity contribution in [3.63, 3.8) is 0 Å². The van der Waals surface area contributed by atoms with Crippen LogP contribution in [0.1, 0.15) is 45.4 Å². The third-order valence-electron chi connectivity index (χ3n) is 4.68. The topological polar surface area (TPSA) is 75.4 Å². The molecule has 1 saturated carbocycles. The van der Waals surface area contributed by atoms with Gasteiger partial charge in [-0.15, -0.1) is 0 Å². The molecule has 0 bridgehead atoms. The lowest BCUT2D eigenvalue weighted by Crippen LogP contribution is -2.48. The zero-order valence-electron chi connectivity index (χ0n) is 12.4. The Morgan fingerprint density at radius 2 is 1.90 bits per heavy atom. The quantitative estimate of drug-likeness (QED) is 0.806. The molecule has 5 nitrogen and oxygen atoms in total. The molecule has 1 saturated heterocycles. The van der Waals surface area contributed by atoms with Crippen molar-refractivity contribution in [3.8, 4) is 0 Å². The van der Waals surface area contributed by atoms with Crippen LogP contribution < -0.4 is 11.1 Å². The summed E-state index contributed by atoms with van der Waals surface area (Å²) in [4.78, 5) is 25.6. The molecule has 2 rings (SSSR count). The molecule has 0 spiro atoms. The SMILES string of the molecule is CC(=O)NC1CCN(C(=O)C2CCCC(CN)C2)CC1. The van der Waals surface area contributed by atoms with E-state index in [1.54, 1.807) is 6.92 Å². The molecule has 0 aromatic heterocycles. The van der Waals surface area contributed by atoms with E-state index in [9.17, 15) is 9.59 Å². The minimum Gasteiger partial charge on any atom is -0.353 e. The molecule has 0 aromatic carbocycles. The normalized spacial score (nSPS) is 28.2. The van der Waals surface area contributed by atoms with E-state index in [4.69, 9.17) is 5.73 Å². The summed E-state index contributed by atoms with van der Waals surface area (Å²) in [5, 5.41) is 2.94. The minimum absolute atomic E-state index is 0.0212. The number of piperidine rings is 1. The van der Waals surface area contributed by atoms with Gasteiger partial charge in [-0.05, 0) is 44.6 Å². The van der Waals surface area contributed by atoms with Crippen molar-refractivity contribution in [2.75, 3.05) is 19.6 Å². The molecule has 2 atom stereocenters. The van der Waals surface area contributed by atoms with Crippen LogP contribution in [0.25, 0.3) is 0 Å². The van der Waals surface area contributed by atoms with E-state index in [0.29, 0.717) is 18.4 Å². The molecule has 20 heavy (non-hydrogen) atoms. The van der Waals surface area contributed by atoms with Crippen molar-refractivity contribution in [2.45, 2.75) is 51.5 Å². The molecule has 2 aliphatic rings. The first-order valence-corrected chi connectivity index (χ1v) is 7.86. The van der Waals surface area contributed by atoms with Gasteiger partial charge in [0.05, 0.1) is 0 Å². The van der Waals surface area contributed by atoms with Crippen molar-refractivity contribution < 1.29 is 9.59 Å². The molecular weight excluding hydrogens is 254 g/mol. The molecule has 2 unspecified atom stereocenters. The van der Waals surface area contributed by atoms with Gasteiger partial charge in [0.15, 0.2) is 0 Å². The maximum atomic E-state index is 12.5. The van der Waals surface area contributed by atoms with E-state index in [1.165, 1.54) is 6.42 Å². The highest BCUT2D eigenvalue weighted by atomic mass is 16.2. The number of hydrogen-bond acceptors (Lipinski definition) is 3. The fraction of sp³-hybridized carbons (Fsp3) is 0.867. The molecule has 1 aliphatic heterocycles. The first-order chi connectivity index (χ1) is 9.60. The lowest BCUT2D eigenvalue weighted by atomic mass is 9.80. The first-order valence-electron chi connectivity index (χ1n) is 7.86. The third kappa shape index (κ3) is 3.95. The van der Waals surface area contributed by atoms with Crippen molar-refractivity contribution in [3.05, 3.63) is 0 Å². The molecule has 2 fully saturated rings. The smallest absolute Gasteiger partial charge is 0.225 e. The van der Waals surface area contributed by atoms with Crippen molar-refractivity contribution >= 4 is 11.8 Å². The van der Waals surface area contributed by atoms with E-state index >= 15 is 0 Å². The summed E-state index contributed by atoms with van der Waals surface area (Å²) in [6.07, 6.45) is 6.02. The van der Waals surface area contributed by atoms with Crippen molar-refractivity contribution in [1.29, 1.82) is 0 Å². The monoisotopic (exact) mass is 281 g/mol. The van der Waals surface area contributed by atoms with Gasteiger partial charge in [0.1, 0.15) is 0 Å². The summed E-state index contributed by atoms with van der Waals surface area (Å²) in [6.45, 7) is 3.79. The summed E-state index contributed by atoms with van der Waals surface area (Å²) < 4.78 is 0. The Hall–Kier alpha value is -1.10. The Bertz CT molecular complexity index is 351. The number of hydrogen-bond donors (Lipinski definition) is 2. The Morgan fingerprint density at radius 3 is 2.50 bits per heavy atom. The third-order valence-corrected chi connectivity index (χ3v) is 4.68. The van der Waals surface area contributed by atoms with E-state index < -0.39 is 0 Å². The van der Waals surface area contributed by atoms with Crippen molar-refractivity contribution in [1.82, 2.24) is 10.2 Å². The fourth-order valence-corrected chi connectivity index (χ4v) is 3.52. The van der Waals surface area contributed by atoms with Gasteiger partial charge in [0, 0.05) is 32.0 Å². The standard InChI is InChI=1S/C15H27N3O2/c1-11(19)17-14-5-7-18(8-6-14)15(20)13-4-2-3-12(9-13)10-16/h12-14H,2-10,16H2,1H3,(H,17,19). The van der Waals surface area contributed by atoms with Crippen molar-refractivity contribution in [2.24, 2.45) is 17.6 Å². The van der Waals surface area contributed by atoms with E-state index in [2.05, 4.69) is 5.32 Å². The largest absolute Gasteiger partial charge is 0.353 e. The fourth-order valence-electron chi connectivity index (χ4n) is 3.52. The van der Waals surface area contributed by atoms with Crippen LogP contribution in [0.15, 0.2) is 0 Å². The second-order valence-electron chi connectivity index (χ2n) is 6.27. The van der Waals surface area contributed by atoms with Gasteiger partial charge in [0.2, 0.25) is 11.8 Å². The predicted molar refractivity (Wildman–Crippen MR) is 77.9 cm³/mol. The number of amides is 2. The van der Waals surface area contributed by atoms with E-state index in [1.807, 2.05) is 4.90 Å². The van der Waals surface area contributed by atoms with Crippen LogP contribution in [-0.2, 0) is 9.59 Å². The lowest BCUT2D eigenvalue weighted by molar-refractivity contribution is -0.138. The van der Waals surface area contributed by atoms with Gasteiger partial charge < -0.3 is 16.0 Å². The number of rotatable bonds is 3. The van der Waals surface area contributed by atoms with Gasteiger partial charge in [-0.2, -0.15) is 0 Å². The van der Waals surface area contributed by atoms with Crippen LogP contribution in [0.4, 0.5) is 0 Å². The summed E-state index contributed by atoms with van der Waals surface area (Å²) in [5.74, 6) is 1.03. The Morgan fingerprint density at radius 1 is 1.20 bits per heavy atom. The van der Waals surface area contributed by atoms with Crippen LogP contribution in [-0.4, -0.2) is 42.4 Å². The van der Waals surface area contributed by atoms with Crippen LogP contribution >= 0.6 is 0 Å². The molecule has 0 aromatic rings. The summed E-state index contributed by atoms with van der Waals surface area (Å²) in [5.41, 5.74) is 5.74. The number of carbonyl (C=O) groups excluding carboxylic acids is 2. The lowest BCUT2D eigenvalue weighted by Gasteiger charge is -2.36. The first kappa shape index (κ1) is 15.3. The molecule has 1 aliphatic carbocycles. The molecular formula is C15H27N3O2. The summed E-state index contributed by atoms with van der Waals surface area (Å²) in [7, 11) is 0. The maximum absolute atomic E-state index is 12.5. The van der Waals surface area contributed by atoms with Gasteiger partial charge in [-0.1, -0.05) is 6.42 Å². The minimum atomic E-state index is 0.0212. The molecule has 2 amide bonds. The highest BCUT2D eigenvalue weighted by molar-refractivity contribution is 5.79.